The number of hydrogen-bond donors (Lipinski definition) is 2. The second kappa shape index (κ2) is 9.32. The Balaban J connectivity index is 1.40. The van der Waals surface area contributed by atoms with E-state index in [1.54, 1.807) is 12.1 Å². The summed E-state index contributed by atoms with van der Waals surface area (Å²) in [6, 6.07) is 11.5. The Morgan fingerprint density at radius 3 is 2.79 bits per heavy atom. The van der Waals surface area contributed by atoms with E-state index in [1.807, 2.05) is 24.4 Å². The number of carbonyl (C=O) groups is 3. The van der Waals surface area contributed by atoms with Crippen molar-refractivity contribution in [2.24, 2.45) is 0 Å². The Hall–Kier alpha value is -2.93. The first-order chi connectivity index (χ1) is 13.5. The quantitative estimate of drug-likeness (QED) is 0.426. The Kier molecular flexibility index (Phi) is 6.60. The molecule has 0 fully saturated rings. The van der Waals surface area contributed by atoms with Crippen LogP contribution in [0.5, 0.6) is 0 Å². The molecule has 0 radical (unpaired) electrons. The second-order valence-electron chi connectivity index (χ2n) is 6.47. The van der Waals surface area contributed by atoms with Crippen molar-refractivity contribution < 1.29 is 19.1 Å². The number of benzene rings is 1. The first-order valence-electron chi connectivity index (χ1n) is 9.10. The molecule has 0 saturated carbocycles. The van der Waals surface area contributed by atoms with Crippen molar-refractivity contribution in [1.29, 1.82) is 0 Å². The van der Waals surface area contributed by atoms with Crippen molar-refractivity contribution in [1.82, 2.24) is 10.3 Å². The predicted molar refractivity (Wildman–Crippen MR) is 108 cm³/mol. The third-order valence-electron chi connectivity index (χ3n) is 4.31. The van der Waals surface area contributed by atoms with Crippen LogP contribution in [-0.4, -0.2) is 29.3 Å². The number of H-pyrrole nitrogens is 1. The molecule has 1 amide bonds. The molecule has 0 atom stereocenters. The number of hydrogen-bond acceptors (Lipinski definition) is 5. The molecule has 3 rings (SSSR count). The topological polar surface area (TPSA) is 88.3 Å². The first kappa shape index (κ1) is 19.8. The molecule has 2 heterocycles. The van der Waals surface area contributed by atoms with E-state index >= 15 is 0 Å². The van der Waals surface area contributed by atoms with Crippen LogP contribution in [-0.2, 0) is 27.3 Å². The molecule has 0 saturated heterocycles. The van der Waals surface area contributed by atoms with Crippen LogP contribution in [0.4, 0.5) is 0 Å². The molecule has 6 nitrogen and oxygen atoms in total. The lowest BCUT2D eigenvalue weighted by atomic mass is 10.1. The number of nitrogens with one attached hydrogen (secondary N) is 2. The lowest BCUT2D eigenvalue weighted by Crippen LogP contribution is -2.18. The van der Waals surface area contributed by atoms with Crippen LogP contribution in [0, 0.1) is 0 Å². The summed E-state index contributed by atoms with van der Waals surface area (Å²) >= 11 is 1.29. The van der Waals surface area contributed by atoms with Crippen LogP contribution in [0.1, 0.15) is 39.9 Å². The maximum atomic E-state index is 12.1. The average molecular weight is 398 g/mol. The van der Waals surface area contributed by atoms with E-state index in [0.29, 0.717) is 17.8 Å². The highest BCUT2D eigenvalue weighted by Gasteiger charge is 2.13. The highest BCUT2D eigenvalue weighted by atomic mass is 32.1. The third-order valence-corrected chi connectivity index (χ3v) is 5.44. The van der Waals surface area contributed by atoms with E-state index in [1.165, 1.54) is 29.2 Å². The highest BCUT2D eigenvalue weighted by Crippen LogP contribution is 2.20. The monoisotopic (exact) mass is 398 g/mol. The molecule has 2 N–H and O–H groups in total. The Labute approximate surface area is 166 Å². The zero-order valence-electron chi connectivity index (χ0n) is 15.6. The van der Waals surface area contributed by atoms with E-state index in [9.17, 15) is 14.4 Å². The number of carbonyl (C=O) groups excluding carboxylic acids is 3. The highest BCUT2D eigenvalue weighted by molar-refractivity contribution is 7.14. The Morgan fingerprint density at radius 2 is 1.96 bits per heavy atom. The summed E-state index contributed by atoms with van der Waals surface area (Å²) in [7, 11) is 0. The van der Waals surface area contributed by atoms with Gasteiger partial charge in [-0.3, -0.25) is 14.4 Å². The summed E-state index contributed by atoms with van der Waals surface area (Å²) in [5.74, 6) is -0.727. The molecule has 2 aromatic heterocycles. The minimum Gasteiger partial charge on any atom is -0.457 e. The van der Waals surface area contributed by atoms with Crippen molar-refractivity contribution in [3.8, 4) is 0 Å². The van der Waals surface area contributed by atoms with Gasteiger partial charge in [0.25, 0.3) is 0 Å². The van der Waals surface area contributed by atoms with Gasteiger partial charge in [-0.15, -0.1) is 11.3 Å². The number of esters is 1. The van der Waals surface area contributed by atoms with Crippen molar-refractivity contribution in [3.63, 3.8) is 0 Å². The van der Waals surface area contributed by atoms with E-state index < -0.39 is 0 Å². The van der Waals surface area contributed by atoms with Gasteiger partial charge in [0.15, 0.2) is 6.61 Å². The lowest BCUT2D eigenvalue weighted by Gasteiger charge is -2.03. The van der Waals surface area contributed by atoms with Gasteiger partial charge >= 0.3 is 5.97 Å². The van der Waals surface area contributed by atoms with E-state index in [4.69, 9.17) is 4.74 Å². The van der Waals surface area contributed by atoms with Gasteiger partial charge in [0, 0.05) is 35.3 Å². The van der Waals surface area contributed by atoms with Crippen LogP contribution >= 0.6 is 11.3 Å². The van der Waals surface area contributed by atoms with Gasteiger partial charge in [-0.2, -0.15) is 0 Å². The minimum absolute atomic E-state index is 0.122. The number of aryl methyl sites for hydroxylation is 1. The summed E-state index contributed by atoms with van der Waals surface area (Å²) < 4.78 is 5.11. The fraction of sp³-hybridized carbons (Fsp3) is 0.286. The average Bonchev–Trinajstić information content (AvgIpc) is 3.32. The van der Waals surface area contributed by atoms with Crippen LogP contribution in [0.15, 0.2) is 42.6 Å². The van der Waals surface area contributed by atoms with Gasteiger partial charge in [-0.1, -0.05) is 18.2 Å². The summed E-state index contributed by atoms with van der Waals surface area (Å²) in [5.41, 5.74) is 2.25. The first-order valence-corrected chi connectivity index (χ1v) is 9.91. The molecule has 1 aromatic carbocycles. The van der Waals surface area contributed by atoms with Crippen LogP contribution < -0.4 is 5.32 Å². The van der Waals surface area contributed by atoms with Crippen molar-refractivity contribution in [2.45, 2.75) is 32.7 Å². The number of aromatic nitrogens is 1. The second-order valence-corrected chi connectivity index (χ2v) is 7.64. The third kappa shape index (κ3) is 5.29. The van der Waals surface area contributed by atoms with Gasteiger partial charge in [-0.25, -0.2) is 0 Å². The molecule has 0 aliphatic rings. The number of para-hydroxylation sites is 1. The van der Waals surface area contributed by atoms with Crippen LogP contribution in [0.3, 0.4) is 0 Å². The fourth-order valence-electron chi connectivity index (χ4n) is 2.89. The predicted octanol–water partition coefficient (Wildman–Crippen LogP) is 3.61. The molecule has 7 heteroatoms. The van der Waals surface area contributed by atoms with Crippen LogP contribution in [0.2, 0.25) is 0 Å². The summed E-state index contributed by atoms with van der Waals surface area (Å²) in [6.07, 6.45) is 3.67. The number of rotatable bonds is 9. The standard InChI is InChI=1S/C21H22N2O4S/c1-14(24)22-12-16-9-10-20(28-16)19(25)13-27-21(26)8-4-5-15-11-23-18-7-3-2-6-17(15)18/h2-3,6-7,9-11,23H,4-5,8,12-13H2,1H3,(H,22,24). The SMILES string of the molecule is CC(=O)NCc1ccc(C(=O)COC(=O)CCCc2c[nH]c3ccccc23)s1. The molecule has 3 aromatic rings. The molecule has 0 aliphatic carbocycles. The Morgan fingerprint density at radius 1 is 1.14 bits per heavy atom. The summed E-state index contributed by atoms with van der Waals surface area (Å²) in [5, 5.41) is 3.85. The van der Waals surface area contributed by atoms with E-state index in [2.05, 4.69) is 16.4 Å². The van der Waals surface area contributed by atoms with Crippen molar-refractivity contribution >= 4 is 39.9 Å². The maximum absolute atomic E-state index is 12.1. The Bertz CT molecular complexity index is 989. The zero-order valence-corrected chi connectivity index (χ0v) is 16.4. The van der Waals surface area contributed by atoms with Gasteiger partial charge in [0.1, 0.15) is 0 Å². The number of fused-ring (bicyclic) bond motifs is 1. The molecule has 0 bridgehead atoms. The van der Waals surface area contributed by atoms with E-state index in [-0.39, 0.29) is 30.7 Å². The van der Waals surface area contributed by atoms with E-state index in [0.717, 1.165) is 16.8 Å². The molecule has 0 spiro atoms. The van der Waals surface area contributed by atoms with Gasteiger partial charge < -0.3 is 15.0 Å². The largest absolute Gasteiger partial charge is 0.457 e. The summed E-state index contributed by atoms with van der Waals surface area (Å²) in [6.45, 7) is 1.57. The molecule has 0 unspecified atom stereocenters. The zero-order chi connectivity index (χ0) is 19.9. The van der Waals surface area contributed by atoms with Crippen molar-refractivity contribution in [2.75, 3.05) is 6.61 Å². The van der Waals surface area contributed by atoms with Crippen LogP contribution in [0.25, 0.3) is 10.9 Å². The number of aromatic amines is 1. The number of ether oxygens (including phenoxy) is 1. The number of amides is 1. The number of Topliss-reactive ketones (excluding diaryl/α,β-unsaturated/α-hetero) is 1. The smallest absolute Gasteiger partial charge is 0.306 e. The number of ketones is 1. The molecular formula is C21H22N2O4S. The summed E-state index contributed by atoms with van der Waals surface area (Å²) in [4.78, 5) is 39.6. The van der Waals surface area contributed by atoms with Gasteiger partial charge in [0.2, 0.25) is 11.7 Å². The lowest BCUT2D eigenvalue weighted by molar-refractivity contribution is -0.142. The normalized spacial score (nSPS) is 10.8. The maximum Gasteiger partial charge on any atom is 0.306 e. The number of thiophene rings is 1. The molecule has 146 valence electrons. The fourth-order valence-corrected chi connectivity index (χ4v) is 3.76. The van der Waals surface area contributed by atoms with Gasteiger partial charge in [-0.05, 0) is 36.6 Å². The minimum atomic E-state index is -0.372. The molecule has 0 aliphatic heterocycles. The molecule has 28 heavy (non-hydrogen) atoms. The van der Waals surface area contributed by atoms with Crippen molar-refractivity contribution in [3.05, 3.63) is 57.9 Å². The van der Waals surface area contributed by atoms with Gasteiger partial charge in [0.05, 0.1) is 11.4 Å². The molecular weight excluding hydrogens is 376 g/mol.